The number of likely N-dealkylation sites (N-methyl/N-ethyl adjacent to an activating group) is 1. The van der Waals surface area contributed by atoms with Gasteiger partial charge >= 0.3 is 0 Å². The van der Waals surface area contributed by atoms with Crippen molar-refractivity contribution in [2.75, 3.05) is 20.2 Å². The Hall–Kier alpha value is -0.120. The van der Waals surface area contributed by atoms with Crippen molar-refractivity contribution in [1.82, 2.24) is 4.90 Å². The van der Waals surface area contributed by atoms with Gasteiger partial charge in [0, 0.05) is 19.7 Å². The summed E-state index contributed by atoms with van der Waals surface area (Å²) >= 11 is 0. The number of ether oxygens (including phenoxy) is 1. The zero-order valence-corrected chi connectivity index (χ0v) is 11.9. The monoisotopic (exact) mass is 243 g/mol. The molecule has 1 N–H and O–H groups in total. The second-order valence-electron chi connectivity index (χ2n) is 5.70. The highest BCUT2D eigenvalue weighted by Crippen LogP contribution is 2.24. The Balaban J connectivity index is 2.50. The molecule has 0 aliphatic heterocycles. The summed E-state index contributed by atoms with van der Waals surface area (Å²) in [6, 6.07) is 0.663. The zero-order valence-electron chi connectivity index (χ0n) is 11.9. The van der Waals surface area contributed by atoms with Crippen LogP contribution in [0.1, 0.15) is 52.9 Å². The second kappa shape index (κ2) is 6.72. The molecule has 17 heavy (non-hydrogen) atoms. The Bertz CT molecular complexity index is 212. The van der Waals surface area contributed by atoms with E-state index in [1.54, 1.807) is 7.11 Å². The molecule has 0 aromatic carbocycles. The normalized spacial score (nSPS) is 20.8. The molecule has 102 valence electrons. The van der Waals surface area contributed by atoms with Crippen LogP contribution in [0.4, 0.5) is 0 Å². The maximum atomic E-state index is 10.2. The first-order valence-corrected chi connectivity index (χ1v) is 6.98. The van der Waals surface area contributed by atoms with E-state index in [9.17, 15) is 5.11 Å². The molecular formula is C14H29NO2. The molecule has 0 radical (unpaired) electrons. The summed E-state index contributed by atoms with van der Waals surface area (Å²) in [5.74, 6) is 0. The topological polar surface area (TPSA) is 32.7 Å². The maximum absolute atomic E-state index is 10.2. The van der Waals surface area contributed by atoms with Crippen molar-refractivity contribution in [3.8, 4) is 0 Å². The van der Waals surface area contributed by atoms with Crippen LogP contribution in [0, 0.1) is 0 Å². The summed E-state index contributed by atoms with van der Waals surface area (Å²) in [6.45, 7) is 7.82. The van der Waals surface area contributed by atoms with Crippen LogP contribution in [-0.2, 0) is 4.74 Å². The van der Waals surface area contributed by atoms with Gasteiger partial charge in [0.05, 0.1) is 11.7 Å². The van der Waals surface area contributed by atoms with E-state index in [1.165, 1.54) is 32.1 Å². The Morgan fingerprint density at radius 3 is 2.35 bits per heavy atom. The van der Waals surface area contributed by atoms with Crippen LogP contribution < -0.4 is 0 Å². The van der Waals surface area contributed by atoms with Gasteiger partial charge in [0.15, 0.2) is 0 Å². The number of rotatable bonds is 6. The Kier molecular flexibility index (Phi) is 5.90. The van der Waals surface area contributed by atoms with Gasteiger partial charge in [-0.2, -0.15) is 0 Å². The maximum Gasteiger partial charge on any atom is 0.0950 e. The van der Waals surface area contributed by atoms with Gasteiger partial charge in [-0.1, -0.05) is 26.2 Å². The van der Waals surface area contributed by atoms with Crippen LogP contribution in [0.5, 0.6) is 0 Å². The number of methoxy groups -OCH3 is 1. The summed E-state index contributed by atoms with van der Waals surface area (Å²) in [5, 5.41) is 10.2. The van der Waals surface area contributed by atoms with Crippen LogP contribution in [-0.4, -0.2) is 48.0 Å². The van der Waals surface area contributed by atoms with Crippen LogP contribution in [0.15, 0.2) is 0 Å². The summed E-state index contributed by atoms with van der Waals surface area (Å²) in [7, 11) is 1.67. The molecule has 0 amide bonds. The van der Waals surface area contributed by atoms with Crippen molar-refractivity contribution in [1.29, 1.82) is 0 Å². The molecule has 1 aliphatic carbocycles. The number of aliphatic hydroxyl groups is 1. The highest BCUT2D eigenvalue weighted by molar-refractivity contribution is 4.84. The van der Waals surface area contributed by atoms with Crippen LogP contribution >= 0.6 is 0 Å². The first-order chi connectivity index (χ1) is 8.01. The molecule has 0 aromatic heterocycles. The van der Waals surface area contributed by atoms with E-state index in [-0.39, 0.29) is 0 Å². The van der Waals surface area contributed by atoms with Gasteiger partial charge in [-0.05, 0) is 33.2 Å². The summed E-state index contributed by atoms with van der Waals surface area (Å²) in [6.07, 6.45) is 6.20. The first kappa shape index (κ1) is 14.9. The molecule has 3 heteroatoms. The predicted molar refractivity (Wildman–Crippen MR) is 71.2 cm³/mol. The van der Waals surface area contributed by atoms with Crippen LogP contribution in [0.25, 0.3) is 0 Å². The van der Waals surface area contributed by atoms with Gasteiger partial charge in [0.25, 0.3) is 0 Å². The standard InChI is InChI=1S/C14H29NO2/c1-5-15(12-9-7-6-8-10-12)11-13(16)14(2,3)17-4/h12-13,16H,5-11H2,1-4H3. The molecule has 0 saturated heterocycles. The van der Waals surface area contributed by atoms with Crippen molar-refractivity contribution < 1.29 is 9.84 Å². The minimum atomic E-state index is -0.456. The second-order valence-corrected chi connectivity index (χ2v) is 5.70. The number of nitrogens with zero attached hydrogens (tertiary/aromatic N) is 1. The number of hydrogen-bond acceptors (Lipinski definition) is 3. The van der Waals surface area contributed by atoms with Crippen molar-refractivity contribution >= 4 is 0 Å². The van der Waals surface area contributed by atoms with Gasteiger partial charge in [0.2, 0.25) is 0 Å². The molecule has 1 rings (SSSR count). The molecule has 0 spiro atoms. The van der Waals surface area contributed by atoms with E-state index in [2.05, 4.69) is 11.8 Å². The molecular weight excluding hydrogens is 214 g/mol. The Morgan fingerprint density at radius 2 is 1.88 bits per heavy atom. The zero-order chi connectivity index (χ0) is 12.9. The molecule has 1 atom stereocenters. The minimum absolute atomic E-state index is 0.422. The van der Waals surface area contributed by atoms with Gasteiger partial charge in [0.1, 0.15) is 0 Å². The smallest absolute Gasteiger partial charge is 0.0950 e. The lowest BCUT2D eigenvalue weighted by Gasteiger charge is -2.38. The van der Waals surface area contributed by atoms with Gasteiger partial charge < -0.3 is 9.84 Å². The SMILES string of the molecule is CCN(CC(O)C(C)(C)OC)C1CCCCC1. The third kappa shape index (κ3) is 4.23. The highest BCUT2D eigenvalue weighted by atomic mass is 16.5. The van der Waals surface area contributed by atoms with Crippen molar-refractivity contribution in [2.24, 2.45) is 0 Å². The van der Waals surface area contributed by atoms with Gasteiger partial charge in [-0.25, -0.2) is 0 Å². The van der Waals surface area contributed by atoms with E-state index in [0.717, 1.165) is 13.1 Å². The lowest BCUT2D eigenvalue weighted by Crippen LogP contribution is -2.49. The van der Waals surface area contributed by atoms with Crippen molar-refractivity contribution in [3.05, 3.63) is 0 Å². The van der Waals surface area contributed by atoms with E-state index < -0.39 is 11.7 Å². The minimum Gasteiger partial charge on any atom is -0.389 e. The predicted octanol–water partition coefficient (Wildman–Crippen LogP) is 2.43. The number of aliphatic hydroxyl groups excluding tert-OH is 1. The quantitative estimate of drug-likeness (QED) is 0.777. The third-order valence-corrected chi connectivity index (χ3v) is 4.23. The molecule has 1 saturated carbocycles. The van der Waals surface area contributed by atoms with Gasteiger partial charge in [-0.15, -0.1) is 0 Å². The lowest BCUT2D eigenvalue weighted by molar-refractivity contribution is -0.0918. The average molecular weight is 243 g/mol. The fourth-order valence-electron chi connectivity index (χ4n) is 2.56. The van der Waals surface area contributed by atoms with E-state index in [0.29, 0.717) is 6.04 Å². The first-order valence-electron chi connectivity index (χ1n) is 6.98. The Morgan fingerprint density at radius 1 is 1.29 bits per heavy atom. The van der Waals surface area contributed by atoms with E-state index in [4.69, 9.17) is 4.74 Å². The molecule has 0 aromatic rings. The summed E-state index contributed by atoms with van der Waals surface area (Å²) in [4.78, 5) is 2.42. The van der Waals surface area contributed by atoms with E-state index in [1.807, 2.05) is 13.8 Å². The van der Waals surface area contributed by atoms with E-state index >= 15 is 0 Å². The molecule has 0 heterocycles. The average Bonchev–Trinajstić information content (AvgIpc) is 2.36. The number of hydrogen-bond donors (Lipinski definition) is 1. The molecule has 0 bridgehead atoms. The van der Waals surface area contributed by atoms with Crippen molar-refractivity contribution in [2.45, 2.75) is 70.6 Å². The molecule has 3 nitrogen and oxygen atoms in total. The van der Waals surface area contributed by atoms with Crippen LogP contribution in [0.3, 0.4) is 0 Å². The van der Waals surface area contributed by atoms with Crippen molar-refractivity contribution in [3.63, 3.8) is 0 Å². The van der Waals surface area contributed by atoms with Gasteiger partial charge in [-0.3, -0.25) is 4.90 Å². The molecule has 1 unspecified atom stereocenters. The largest absolute Gasteiger partial charge is 0.389 e. The Labute approximate surface area is 106 Å². The van der Waals surface area contributed by atoms with Crippen LogP contribution in [0.2, 0.25) is 0 Å². The molecule has 1 aliphatic rings. The summed E-state index contributed by atoms with van der Waals surface area (Å²) < 4.78 is 5.36. The fourth-order valence-corrected chi connectivity index (χ4v) is 2.56. The lowest BCUT2D eigenvalue weighted by atomic mass is 9.93. The third-order valence-electron chi connectivity index (χ3n) is 4.23. The summed E-state index contributed by atoms with van der Waals surface area (Å²) in [5.41, 5.74) is -0.456. The molecule has 1 fully saturated rings. The fraction of sp³-hybridized carbons (Fsp3) is 1.00. The highest BCUT2D eigenvalue weighted by Gasteiger charge is 2.31.